The van der Waals surface area contributed by atoms with Gasteiger partial charge in [0.15, 0.2) is 17.5 Å². The molecule has 0 amide bonds. The summed E-state index contributed by atoms with van der Waals surface area (Å²) in [5.74, 6) is 1.92. The van der Waals surface area contributed by atoms with Gasteiger partial charge in [0.05, 0.1) is 0 Å². The number of benzene rings is 9. The van der Waals surface area contributed by atoms with Gasteiger partial charge in [0.2, 0.25) is 0 Å². The minimum absolute atomic E-state index is 0.638. The van der Waals surface area contributed by atoms with Crippen LogP contribution in [0.15, 0.2) is 200 Å². The van der Waals surface area contributed by atoms with Gasteiger partial charge in [0, 0.05) is 16.7 Å². The van der Waals surface area contributed by atoms with Crippen molar-refractivity contribution in [3.63, 3.8) is 0 Å². The second kappa shape index (κ2) is 13.4. The van der Waals surface area contributed by atoms with Gasteiger partial charge in [0.1, 0.15) is 0 Å². The van der Waals surface area contributed by atoms with Crippen LogP contribution in [0.1, 0.15) is 0 Å². The van der Waals surface area contributed by atoms with Gasteiger partial charge in [-0.1, -0.05) is 194 Å². The number of hydrogen-bond acceptors (Lipinski definition) is 3. The first-order valence-electron chi connectivity index (χ1n) is 18.3. The van der Waals surface area contributed by atoms with Crippen LogP contribution in [0.4, 0.5) is 0 Å². The van der Waals surface area contributed by atoms with Crippen molar-refractivity contribution in [1.29, 1.82) is 0 Å². The smallest absolute Gasteiger partial charge is 0.164 e. The van der Waals surface area contributed by atoms with Crippen LogP contribution in [0.5, 0.6) is 0 Å². The molecule has 10 rings (SSSR count). The second-order valence-electron chi connectivity index (χ2n) is 13.6. The highest BCUT2D eigenvalue weighted by molar-refractivity contribution is 6.21. The summed E-state index contributed by atoms with van der Waals surface area (Å²) in [5, 5.41) is 7.45. The normalized spacial score (nSPS) is 11.3. The number of nitrogens with zero attached hydrogens (tertiary/aromatic N) is 3. The maximum Gasteiger partial charge on any atom is 0.164 e. The largest absolute Gasteiger partial charge is 0.208 e. The molecule has 54 heavy (non-hydrogen) atoms. The third kappa shape index (κ3) is 5.78. The molecular weight excluding hydrogens is 655 g/mol. The first-order chi connectivity index (χ1) is 26.7. The van der Waals surface area contributed by atoms with Gasteiger partial charge in [-0.05, 0) is 71.8 Å². The van der Waals surface area contributed by atoms with Crippen LogP contribution in [0.25, 0.3) is 99.9 Å². The van der Waals surface area contributed by atoms with E-state index in [1.54, 1.807) is 0 Å². The first-order valence-corrected chi connectivity index (χ1v) is 18.3. The van der Waals surface area contributed by atoms with E-state index in [4.69, 9.17) is 15.0 Å². The summed E-state index contributed by atoms with van der Waals surface area (Å²) in [7, 11) is 0. The third-order valence-electron chi connectivity index (χ3n) is 10.3. The third-order valence-corrected chi connectivity index (χ3v) is 10.3. The summed E-state index contributed by atoms with van der Waals surface area (Å²) < 4.78 is 0. The Morgan fingerprint density at radius 1 is 0.241 bits per heavy atom. The van der Waals surface area contributed by atoms with Crippen molar-refractivity contribution < 1.29 is 0 Å². The molecule has 0 saturated heterocycles. The van der Waals surface area contributed by atoms with E-state index < -0.39 is 0 Å². The van der Waals surface area contributed by atoms with Crippen LogP contribution in [-0.2, 0) is 0 Å². The Labute approximate surface area is 313 Å². The molecule has 9 aromatic carbocycles. The average Bonchev–Trinajstić information content (AvgIpc) is 3.26. The highest BCUT2D eigenvalue weighted by Gasteiger charge is 2.16. The lowest BCUT2D eigenvalue weighted by molar-refractivity contribution is 1.07. The first kappa shape index (κ1) is 31.5. The van der Waals surface area contributed by atoms with E-state index in [0.717, 1.165) is 33.4 Å². The molecule has 10 aromatic rings. The van der Waals surface area contributed by atoms with Gasteiger partial charge in [-0.3, -0.25) is 0 Å². The fourth-order valence-electron chi connectivity index (χ4n) is 7.57. The average molecular weight is 688 g/mol. The molecule has 0 aliphatic carbocycles. The zero-order valence-electron chi connectivity index (χ0n) is 29.4. The number of hydrogen-bond donors (Lipinski definition) is 0. The van der Waals surface area contributed by atoms with E-state index in [1.165, 1.54) is 49.0 Å². The van der Waals surface area contributed by atoms with Crippen molar-refractivity contribution in [2.24, 2.45) is 0 Å². The van der Waals surface area contributed by atoms with Gasteiger partial charge in [-0.2, -0.15) is 0 Å². The summed E-state index contributed by atoms with van der Waals surface area (Å²) in [4.78, 5) is 15.1. The Morgan fingerprint density at radius 3 is 1.17 bits per heavy atom. The van der Waals surface area contributed by atoms with Crippen molar-refractivity contribution in [2.45, 2.75) is 0 Å². The molecule has 3 nitrogen and oxygen atoms in total. The molecule has 252 valence electrons. The Morgan fingerprint density at radius 2 is 0.611 bits per heavy atom. The van der Waals surface area contributed by atoms with Crippen molar-refractivity contribution >= 4 is 32.3 Å². The van der Waals surface area contributed by atoms with Crippen LogP contribution in [0.3, 0.4) is 0 Å². The zero-order valence-corrected chi connectivity index (χ0v) is 29.4. The van der Waals surface area contributed by atoms with Crippen LogP contribution in [0.2, 0.25) is 0 Å². The number of aromatic nitrogens is 3. The molecule has 0 unspecified atom stereocenters. The topological polar surface area (TPSA) is 38.7 Å². The lowest BCUT2D eigenvalue weighted by Crippen LogP contribution is -2.00. The fourth-order valence-corrected chi connectivity index (χ4v) is 7.57. The van der Waals surface area contributed by atoms with Crippen molar-refractivity contribution in [1.82, 2.24) is 15.0 Å². The highest BCUT2D eigenvalue weighted by Crippen LogP contribution is 2.40. The second-order valence-corrected chi connectivity index (χ2v) is 13.6. The lowest BCUT2D eigenvalue weighted by atomic mass is 9.89. The van der Waals surface area contributed by atoms with E-state index in [1.807, 2.05) is 36.4 Å². The van der Waals surface area contributed by atoms with Crippen molar-refractivity contribution in [2.75, 3.05) is 0 Å². The monoisotopic (exact) mass is 687 g/mol. The molecule has 0 saturated carbocycles. The summed E-state index contributed by atoms with van der Waals surface area (Å²) in [6.45, 7) is 0. The SMILES string of the molecule is c1ccc(-c2ccc(-c3ccc(-c4nc(-c5ccccc5)nc(-c5ccc(-c6c7ccccc7cc7ccc8ccccc8c67)cc5)n4)cc3)cc2)cc1. The molecule has 0 atom stereocenters. The predicted molar refractivity (Wildman–Crippen MR) is 225 cm³/mol. The molecule has 0 radical (unpaired) electrons. The Kier molecular flexibility index (Phi) is 7.81. The van der Waals surface area contributed by atoms with Gasteiger partial charge in [0.25, 0.3) is 0 Å². The van der Waals surface area contributed by atoms with Gasteiger partial charge >= 0.3 is 0 Å². The maximum absolute atomic E-state index is 5.07. The minimum atomic E-state index is 0.638. The molecule has 3 heteroatoms. The van der Waals surface area contributed by atoms with Crippen molar-refractivity contribution in [3.05, 3.63) is 200 Å². The minimum Gasteiger partial charge on any atom is -0.208 e. The molecule has 0 bridgehead atoms. The van der Waals surface area contributed by atoms with Gasteiger partial charge < -0.3 is 0 Å². The number of rotatable bonds is 6. The molecule has 0 aliphatic heterocycles. The maximum atomic E-state index is 5.07. The summed E-state index contributed by atoms with van der Waals surface area (Å²) in [6.07, 6.45) is 0. The summed E-state index contributed by atoms with van der Waals surface area (Å²) in [5.41, 5.74) is 9.93. The van der Waals surface area contributed by atoms with E-state index in [0.29, 0.717) is 17.5 Å². The molecular formula is C51H33N3. The lowest BCUT2D eigenvalue weighted by Gasteiger charge is -2.15. The Hall–Kier alpha value is -7.23. The standard InChI is InChI=1S/C51H33N3/c1-3-11-34(12-4-1)35-19-21-36(22-20-35)37-23-28-41(29-24-37)50-52-49(40-14-5-2-6-15-40)53-51(54-50)42-30-26-39(27-31-42)47-46-18-10-8-16-43(46)33-44-32-25-38-13-7-9-17-45(38)48(44)47/h1-33H. The van der Waals surface area contributed by atoms with Gasteiger partial charge in [-0.15, -0.1) is 0 Å². The van der Waals surface area contributed by atoms with E-state index >= 15 is 0 Å². The van der Waals surface area contributed by atoms with Crippen LogP contribution < -0.4 is 0 Å². The van der Waals surface area contributed by atoms with Crippen LogP contribution in [0, 0.1) is 0 Å². The Balaban J connectivity index is 1.04. The molecule has 1 heterocycles. The quantitative estimate of drug-likeness (QED) is 0.129. The predicted octanol–water partition coefficient (Wildman–Crippen LogP) is 13.3. The summed E-state index contributed by atoms with van der Waals surface area (Å²) >= 11 is 0. The van der Waals surface area contributed by atoms with E-state index in [9.17, 15) is 0 Å². The van der Waals surface area contributed by atoms with Crippen LogP contribution >= 0.6 is 0 Å². The summed E-state index contributed by atoms with van der Waals surface area (Å²) in [6, 6.07) is 70.6. The Bertz CT molecular complexity index is 2940. The van der Waals surface area contributed by atoms with Crippen molar-refractivity contribution in [3.8, 4) is 67.5 Å². The molecule has 0 spiro atoms. The van der Waals surface area contributed by atoms with E-state index in [-0.39, 0.29) is 0 Å². The number of fused-ring (bicyclic) bond motifs is 4. The zero-order chi connectivity index (χ0) is 35.8. The van der Waals surface area contributed by atoms with Gasteiger partial charge in [-0.25, -0.2) is 15.0 Å². The molecule has 1 aromatic heterocycles. The fraction of sp³-hybridized carbons (Fsp3) is 0. The molecule has 0 N–H and O–H groups in total. The molecule has 0 aliphatic rings. The van der Waals surface area contributed by atoms with Crippen LogP contribution in [-0.4, -0.2) is 15.0 Å². The van der Waals surface area contributed by atoms with E-state index in [2.05, 4.69) is 164 Å². The molecule has 0 fully saturated rings. The highest BCUT2D eigenvalue weighted by atomic mass is 15.0.